The van der Waals surface area contributed by atoms with Crippen LogP contribution in [0.25, 0.3) is 10.9 Å². The molecule has 2 rings (SSSR count). The number of nitrogens with one attached hydrogen (secondary N) is 1. The zero-order chi connectivity index (χ0) is 9.26. The second-order valence-corrected chi connectivity index (χ2v) is 2.94. The van der Waals surface area contributed by atoms with Crippen LogP contribution in [0.2, 0.25) is 0 Å². The normalized spacial score (nSPS) is 10.6. The average Bonchev–Trinajstić information content (AvgIpc) is 2.59. The van der Waals surface area contributed by atoms with Crippen molar-refractivity contribution in [3.8, 4) is 5.75 Å². The van der Waals surface area contributed by atoms with Gasteiger partial charge < -0.3 is 4.74 Å². The van der Waals surface area contributed by atoms with Gasteiger partial charge in [0.1, 0.15) is 5.75 Å². The predicted molar refractivity (Wildman–Crippen MR) is 52.0 cm³/mol. The maximum absolute atomic E-state index is 5.11. The summed E-state index contributed by atoms with van der Waals surface area (Å²) in [6.07, 6.45) is 0.975. The van der Waals surface area contributed by atoms with Crippen molar-refractivity contribution in [3.63, 3.8) is 0 Å². The molecule has 1 N–H and O–H groups in total. The Morgan fingerprint density at radius 1 is 1.46 bits per heavy atom. The molecule has 3 heteroatoms. The zero-order valence-electron chi connectivity index (χ0n) is 7.79. The number of hydrogen-bond acceptors (Lipinski definition) is 2. The minimum atomic E-state index is 0.849. The first-order chi connectivity index (χ1) is 6.35. The molecule has 0 atom stereocenters. The van der Waals surface area contributed by atoms with E-state index in [1.165, 1.54) is 11.1 Å². The van der Waals surface area contributed by atoms with Crippen molar-refractivity contribution < 1.29 is 4.74 Å². The van der Waals surface area contributed by atoms with Gasteiger partial charge in [0, 0.05) is 17.1 Å². The van der Waals surface area contributed by atoms with E-state index < -0.39 is 0 Å². The molecule has 0 amide bonds. The lowest BCUT2D eigenvalue weighted by Gasteiger charge is -1.97. The van der Waals surface area contributed by atoms with Crippen molar-refractivity contribution in [2.24, 2.45) is 0 Å². The van der Waals surface area contributed by atoms with Gasteiger partial charge in [0.05, 0.1) is 12.6 Å². The fraction of sp³-hybridized carbons (Fsp3) is 0.300. The number of benzene rings is 1. The highest BCUT2D eigenvalue weighted by atomic mass is 16.5. The molecule has 68 valence electrons. The van der Waals surface area contributed by atoms with Gasteiger partial charge in [0.15, 0.2) is 0 Å². The number of aromatic nitrogens is 2. The summed E-state index contributed by atoms with van der Waals surface area (Å²) in [5.41, 5.74) is 2.15. The summed E-state index contributed by atoms with van der Waals surface area (Å²) in [4.78, 5) is 0. The van der Waals surface area contributed by atoms with Crippen molar-refractivity contribution in [1.29, 1.82) is 0 Å². The van der Waals surface area contributed by atoms with Crippen LogP contribution in [0.3, 0.4) is 0 Å². The smallest absolute Gasteiger partial charge is 0.121 e. The van der Waals surface area contributed by atoms with Gasteiger partial charge in [0.25, 0.3) is 0 Å². The highest BCUT2D eigenvalue weighted by Crippen LogP contribution is 2.21. The van der Waals surface area contributed by atoms with Gasteiger partial charge >= 0.3 is 0 Å². The van der Waals surface area contributed by atoms with Crippen molar-refractivity contribution >= 4 is 10.9 Å². The third kappa shape index (κ3) is 1.26. The van der Waals surface area contributed by atoms with E-state index in [1.54, 1.807) is 7.11 Å². The monoisotopic (exact) mass is 176 g/mol. The highest BCUT2D eigenvalue weighted by molar-refractivity contribution is 5.82. The molecule has 1 aromatic heterocycles. The minimum absolute atomic E-state index is 0.849. The Bertz CT molecular complexity index is 420. The first-order valence-corrected chi connectivity index (χ1v) is 4.36. The molecule has 0 saturated carbocycles. The first-order valence-electron chi connectivity index (χ1n) is 4.36. The Hall–Kier alpha value is -1.51. The lowest BCUT2D eigenvalue weighted by molar-refractivity contribution is 0.415. The quantitative estimate of drug-likeness (QED) is 0.761. The lowest BCUT2D eigenvalue weighted by Crippen LogP contribution is -1.82. The number of hydrogen-bond donors (Lipinski definition) is 1. The number of fused-ring (bicyclic) bond motifs is 1. The van der Waals surface area contributed by atoms with E-state index in [0.717, 1.165) is 17.7 Å². The van der Waals surface area contributed by atoms with Crippen LogP contribution in [0, 0.1) is 0 Å². The van der Waals surface area contributed by atoms with Crippen LogP contribution in [0.1, 0.15) is 12.6 Å². The van der Waals surface area contributed by atoms with Crippen LogP contribution in [-0.4, -0.2) is 17.3 Å². The second-order valence-electron chi connectivity index (χ2n) is 2.94. The SMILES string of the molecule is CCc1[nH]nc2cc(OC)ccc12. The fourth-order valence-electron chi connectivity index (χ4n) is 1.44. The summed E-state index contributed by atoms with van der Waals surface area (Å²) in [5.74, 6) is 0.849. The number of methoxy groups -OCH3 is 1. The number of ether oxygens (including phenoxy) is 1. The maximum Gasteiger partial charge on any atom is 0.121 e. The van der Waals surface area contributed by atoms with Crippen LogP contribution >= 0.6 is 0 Å². The molecule has 0 spiro atoms. The predicted octanol–water partition coefficient (Wildman–Crippen LogP) is 2.13. The Morgan fingerprint density at radius 3 is 3.00 bits per heavy atom. The third-order valence-corrected chi connectivity index (χ3v) is 2.19. The fourth-order valence-corrected chi connectivity index (χ4v) is 1.44. The van der Waals surface area contributed by atoms with Gasteiger partial charge in [-0.2, -0.15) is 5.10 Å². The topological polar surface area (TPSA) is 37.9 Å². The average molecular weight is 176 g/mol. The van der Waals surface area contributed by atoms with Crippen LogP contribution in [-0.2, 0) is 6.42 Å². The molecular weight excluding hydrogens is 164 g/mol. The van der Waals surface area contributed by atoms with Gasteiger partial charge in [0.2, 0.25) is 0 Å². The number of aryl methyl sites for hydroxylation is 1. The summed E-state index contributed by atoms with van der Waals surface area (Å²) in [7, 11) is 1.66. The molecule has 0 radical (unpaired) electrons. The molecule has 0 fully saturated rings. The summed E-state index contributed by atoms with van der Waals surface area (Å²) < 4.78 is 5.11. The lowest BCUT2D eigenvalue weighted by atomic mass is 10.2. The van der Waals surface area contributed by atoms with E-state index in [-0.39, 0.29) is 0 Å². The highest BCUT2D eigenvalue weighted by Gasteiger charge is 2.03. The molecule has 0 saturated heterocycles. The molecule has 0 unspecified atom stereocenters. The van der Waals surface area contributed by atoms with Crippen LogP contribution < -0.4 is 4.74 Å². The van der Waals surface area contributed by atoms with E-state index in [0.29, 0.717) is 0 Å². The van der Waals surface area contributed by atoms with Crippen LogP contribution in [0.15, 0.2) is 18.2 Å². The molecule has 0 bridgehead atoms. The number of rotatable bonds is 2. The Labute approximate surface area is 76.7 Å². The summed E-state index contributed by atoms with van der Waals surface area (Å²) in [6, 6.07) is 5.93. The van der Waals surface area contributed by atoms with E-state index >= 15 is 0 Å². The number of aromatic amines is 1. The summed E-state index contributed by atoms with van der Waals surface area (Å²) in [6.45, 7) is 2.11. The van der Waals surface area contributed by atoms with Gasteiger partial charge in [-0.25, -0.2) is 0 Å². The van der Waals surface area contributed by atoms with Gasteiger partial charge in [-0.1, -0.05) is 6.92 Å². The molecule has 0 aliphatic heterocycles. The van der Waals surface area contributed by atoms with E-state index in [1.807, 2.05) is 18.2 Å². The maximum atomic E-state index is 5.11. The van der Waals surface area contributed by atoms with E-state index in [2.05, 4.69) is 17.1 Å². The molecule has 1 heterocycles. The second kappa shape index (κ2) is 3.09. The van der Waals surface area contributed by atoms with E-state index in [9.17, 15) is 0 Å². The minimum Gasteiger partial charge on any atom is -0.497 e. The largest absolute Gasteiger partial charge is 0.497 e. The Kier molecular flexibility index (Phi) is 1.93. The number of nitrogens with zero attached hydrogens (tertiary/aromatic N) is 1. The zero-order valence-corrected chi connectivity index (χ0v) is 7.79. The molecule has 3 nitrogen and oxygen atoms in total. The molecule has 2 aromatic rings. The van der Waals surface area contributed by atoms with Gasteiger partial charge in [-0.05, 0) is 18.6 Å². The molecule has 13 heavy (non-hydrogen) atoms. The molecular formula is C10H12N2O. The summed E-state index contributed by atoms with van der Waals surface area (Å²) in [5, 5.41) is 8.39. The van der Waals surface area contributed by atoms with Gasteiger partial charge in [-0.15, -0.1) is 0 Å². The molecule has 1 aromatic carbocycles. The summed E-state index contributed by atoms with van der Waals surface area (Å²) >= 11 is 0. The van der Waals surface area contributed by atoms with Gasteiger partial charge in [-0.3, -0.25) is 5.10 Å². The van der Waals surface area contributed by atoms with Crippen molar-refractivity contribution in [2.45, 2.75) is 13.3 Å². The Balaban J connectivity index is 2.61. The van der Waals surface area contributed by atoms with Crippen LogP contribution in [0.4, 0.5) is 0 Å². The first kappa shape index (κ1) is 8.10. The Morgan fingerprint density at radius 2 is 2.31 bits per heavy atom. The third-order valence-electron chi connectivity index (χ3n) is 2.19. The standard InChI is InChI=1S/C10H12N2O/c1-3-9-8-5-4-7(13-2)6-10(8)12-11-9/h4-6H,3H2,1-2H3,(H,11,12). The van der Waals surface area contributed by atoms with Crippen molar-refractivity contribution in [2.75, 3.05) is 7.11 Å². The molecule has 0 aliphatic carbocycles. The van der Waals surface area contributed by atoms with Crippen molar-refractivity contribution in [1.82, 2.24) is 10.2 Å². The van der Waals surface area contributed by atoms with Crippen LogP contribution in [0.5, 0.6) is 5.75 Å². The number of H-pyrrole nitrogens is 1. The molecule has 0 aliphatic rings. The van der Waals surface area contributed by atoms with Crippen molar-refractivity contribution in [3.05, 3.63) is 23.9 Å². The van der Waals surface area contributed by atoms with E-state index in [4.69, 9.17) is 4.74 Å².